The zero-order chi connectivity index (χ0) is 8.55. The van der Waals surface area contributed by atoms with Crippen molar-refractivity contribution in [2.45, 2.75) is 19.4 Å². The summed E-state index contributed by atoms with van der Waals surface area (Å²) in [6, 6.07) is 6.16. The molecule has 1 N–H and O–H groups in total. The van der Waals surface area contributed by atoms with Gasteiger partial charge in [0.15, 0.2) is 0 Å². The van der Waals surface area contributed by atoms with Gasteiger partial charge in [0, 0.05) is 18.1 Å². The number of hydrogen-bond donors (Lipinski definition) is 1. The molecule has 0 radical (unpaired) electrons. The Kier molecular flexibility index (Phi) is 2.07. The van der Waals surface area contributed by atoms with E-state index in [-0.39, 0.29) is 0 Å². The van der Waals surface area contributed by atoms with E-state index in [1.54, 1.807) is 0 Å². The molecule has 0 aliphatic carbocycles. The molecule has 1 aliphatic heterocycles. The molecule has 1 aliphatic rings. The summed E-state index contributed by atoms with van der Waals surface area (Å²) in [4.78, 5) is 0. The molecular weight excluding hydrogens is 170 g/mol. The van der Waals surface area contributed by atoms with E-state index < -0.39 is 0 Å². The quantitative estimate of drug-likeness (QED) is 0.649. The molecular formula is C10H12ClN. The molecule has 0 fully saturated rings. The fourth-order valence-corrected chi connectivity index (χ4v) is 1.90. The molecule has 1 atom stereocenters. The molecule has 1 nitrogen and oxygen atoms in total. The van der Waals surface area contributed by atoms with Crippen LogP contribution in [0.2, 0.25) is 5.02 Å². The maximum atomic E-state index is 5.92. The van der Waals surface area contributed by atoms with Crippen LogP contribution in [0.1, 0.15) is 24.0 Å². The summed E-state index contributed by atoms with van der Waals surface area (Å²) < 4.78 is 0. The number of hydrogen-bond acceptors (Lipinski definition) is 1. The fraction of sp³-hybridized carbons (Fsp3) is 0.400. The van der Waals surface area contributed by atoms with Crippen molar-refractivity contribution in [2.75, 3.05) is 6.54 Å². The molecule has 12 heavy (non-hydrogen) atoms. The van der Waals surface area contributed by atoms with Gasteiger partial charge in [0.05, 0.1) is 0 Å². The van der Waals surface area contributed by atoms with Gasteiger partial charge >= 0.3 is 0 Å². The molecule has 0 spiro atoms. The van der Waals surface area contributed by atoms with Gasteiger partial charge in [0.25, 0.3) is 0 Å². The lowest BCUT2D eigenvalue weighted by Gasteiger charge is -2.23. The average molecular weight is 182 g/mol. The summed E-state index contributed by atoms with van der Waals surface area (Å²) in [6.45, 7) is 4.27. The standard InChI is InChI=1S/C10H12ClN/c1-7-5-12-6-8-2-3-9(11)4-10(7)8/h2-4,7,12H,5-6H2,1H3/t7-/m0/s1. The highest BCUT2D eigenvalue weighted by Crippen LogP contribution is 2.26. The topological polar surface area (TPSA) is 12.0 Å². The van der Waals surface area contributed by atoms with Crippen LogP contribution < -0.4 is 5.32 Å². The summed E-state index contributed by atoms with van der Waals surface area (Å²) in [7, 11) is 0. The van der Waals surface area contributed by atoms with Crippen LogP contribution in [-0.4, -0.2) is 6.54 Å². The van der Waals surface area contributed by atoms with Crippen LogP contribution in [0.15, 0.2) is 18.2 Å². The fourth-order valence-electron chi connectivity index (χ4n) is 1.72. The Balaban J connectivity index is 2.47. The maximum Gasteiger partial charge on any atom is 0.0409 e. The van der Waals surface area contributed by atoms with Crippen molar-refractivity contribution >= 4 is 11.6 Å². The smallest absolute Gasteiger partial charge is 0.0409 e. The Labute approximate surface area is 77.7 Å². The molecule has 0 bridgehead atoms. The third-order valence-electron chi connectivity index (χ3n) is 2.40. The van der Waals surface area contributed by atoms with Crippen molar-refractivity contribution in [3.63, 3.8) is 0 Å². The third kappa shape index (κ3) is 1.35. The monoisotopic (exact) mass is 181 g/mol. The highest BCUT2D eigenvalue weighted by molar-refractivity contribution is 6.30. The van der Waals surface area contributed by atoms with Crippen LogP contribution in [0.4, 0.5) is 0 Å². The highest BCUT2D eigenvalue weighted by atomic mass is 35.5. The maximum absolute atomic E-state index is 5.92. The molecule has 1 heterocycles. The first-order chi connectivity index (χ1) is 5.77. The predicted octanol–water partition coefficient (Wildman–Crippen LogP) is 2.55. The molecule has 0 saturated heterocycles. The lowest BCUT2D eigenvalue weighted by atomic mass is 9.92. The van der Waals surface area contributed by atoms with E-state index in [9.17, 15) is 0 Å². The molecule has 0 unspecified atom stereocenters. The van der Waals surface area contributed by atoms with E-state index in [2.05, 4.69) is 24.4 Å². The third-order valence-corrected chi connectivity index (χ3v) is 2.64. The first kappa shape index (κ1) is 8.09. The SMILES string of the molecule is C[C@H]1CNCc2ccc(Cl)cc21. The zero-order valence-electron chi connectivity index (χ0n) is 7.10. The Morgan fingerprint density at radius 2 is 2.33 bits per heavy atom. The molecule has 1 aromatic rings. The van der Waals surface area contributed by atoms with Gasteiger partial charge in [-0.3, -0.25) is 0 Å². The van der Waals surface area contributed by atoms with Crippen molar-refractivity contribution in [1.82, 2.24) is 5.32 Å². The van der Waals surface area contributed by atoms with E-state index >= 15 is 0 Å². The van der Waals surface area contributed by atoms with Gasteiger partial charge < -0.3 is 5.32 Å². The van der Waals surface area contributed by atoms with Gasteiger partial charge in [-0.15, -0.1) is 0 Å². The lowest BCUT2D eigenvalue weighted by Crippen LogP contribution is -2.26. The van der Waals surface area contributed by atoms with Gasteiger partial charge in [-0.25, -0.2) is 0 Å². The average Bonchev–Trinajstić information content (AvgIpc) is 2.07. The molecule has 0 aromatic heterocycles. The second-order valence-electron chi connectivity index (χ2n) is 3.38. The van der Waals surface area contributed by atoms with E-state index in [1.165, 1.54) is 11.1 Å². The van der Waals surface area contributed by atoms with E-state index in [0.717, 1.165) is 18.1 Å². The Bertz CT molecular complexity index is 296. The Morgan fingerprint density at radius 1 is 1.50 bits per heavy atom. The van der Waals surface area contributed by atoms with Crippen LogP contribution in [-0.2, 0) is 6.54 Å². The minimum Gasteiger partial charge on any atom is -0.312 e. The number of nitrogens with one attached hydrogen (secondary N) is 1. The highest BCUT2D eigenvalue weighted by Gasteiger charge is 2.15. The first-order valence-corrected chi connectivity index (χ1v) is 4.64. The van der Waals surface area contributed by atoms with Gasteiger partial charge in [0.2, 0.25) is 0 Å². The van der Waals surface area contributed by atoms with Gasteiger partial charge in [-0.05, 0) is 29.2 Å². The van der Waals surface area contributed by atoms with Gasteiger partial charge in [-0.1, -0.05) is 24.6 Å². The van der Waals surface area contributed by atoms with E-state index in [0.29, 0.717) is 5.92 Å². The van der Waals surface area contributed by atoms with Crippen LogP contribution in [0.25, 0.3) is 0 Å². The Morgan fingerprint density at radius 3 is 3.17 bits per heavy atom. The second kappa shape index (κ2) is 3.08. The molecule has 2 rings (SSSR count). The van der Waals surface area contributed by atoms with Gasteiger partial charge in [0.1, 0.15) is 0 Å². The predicted molar refractivity (Wildman–Crippen MR) is 51.6 cm³/mol. The van der Waals surface area contributed by atoms with Crippen LogP contribution in [0.5, 0.6) is 0 Å². The number of halogens is 1. The molecule has 0 saturated carbocycles. The van der Waals surface area contributed by atoms with Crippen molar-refractivity contribution in [3.05, 3.63) is 34.3 Å². The lowest BCUT2D eigenvalue weighted by molar-refractivity contribution is 0.571. The Hall–Kier alpha value is -0.530. The summed E-state index contributed by atoms with van der Waals surface area (Å²) in [5, 5.41) is 4.22. The number of fused-ring (bicyclic) bond motifs is 1. The van der Waals surface area contributed by atoms with Crippen LogP contribution >= 0.6 is 11.6 Å². The van der Waals surface area contributed by atoms with Crippen molar-refractivity contribution in [1.29, 1.82) is 0 Å². The molecule has 0 amide bonds. The van der Waals surface area contributed by atoms with Crippen molar-refractivity contribution in [3.8, 4) is 0 Å². The van der Waals surface area contributed by atoms with E-state index in [1.807, 2.05) is 6.07 Å². The summed E-state index contributed by atoms with van der Waals surface area (Å²) in [6.07, 6.45) is 0. The number of rotatable bonds is 0. The zero-order valence-corrected chi connectivity index (χ0v) is 7.86. The molecule has 1 aromatic carbocycles. The van der Waals surface area contributed by atoms with Crippen LogP contribution in [0, 0.1) is 0 Å². The van der Waals surface area contributed by atoms with Crippen LogP contribution in [0.3, 0.4) is 0 Å². The summed E-state index contributed by atoms with van der Waals surface area (Å²) in [5.74, 6) is 0.590. The molecule has 2 heteroatoms. The summed E-state index contributed by atoms with van der Waals surface area (Å²) >= 11 is 5.92. The van der Waals surface area contributed by atoms with E-state index in [4.69, 9.17) is 11.6 Å². The normalized spacial score (nSPS) is 22.0. The summed E-state index contributed by atoms with van der Waals surface area (Å²) in [5.41, 5.74) is 2.79. The largest absolute Gasteiger partial charge is 0.312 e. The first-order valence-electron chi connectivity index (χ1n) is 4.26. The minimum atomic E-state index is 0.590. The second-order valence-corrected chi connectivity index (χ2v) is 3.81. The molecule has 64 valence electrons. The van der Waals surface area contributed by atoms with Crippen molar-refractivity contribution < 1.29 is 0 Å². The van der Waals surface area contributed by atoms with Crippen molar-refractivity contribution in [2.24, 2.45) is 0 Å². The van der Waals surface area contributed by atoms with Gasteiger partial charge in [-0.2, -0.15) is 0 Å². The number of benzene rings is 1. The minimum absolute atomic E-state index is 0.590.